The fourth-order valence-corrected chi connectivity index (χ4v) is 2.52. The van der Waals surface area contributed by atoms with Gasteiger partial charge < -0.3 is 5.32 Å². The number of thiol groups is 1. The number of nitrogens with one attached hydrogen (secondary N) is 1. The molecule has 2 aromatic rings. The van der Waals surface area contributed by atoms with Crippen molar-refractivity contribution in [3.8, 4) is 0 Å². The Hall–Kier alpha value is -1.67. The van der Waals surface area contributed by atoms with Gasteiger partial charge in [-0.25, -0.2) is 0 Å². The molecule has 2 aromatic carbocycles. The smallest absolute Gasteiger partial charge is 0.0381 e. The van der Waals surface area contributed by atoms with Gasteiger partial charge in [0.2, 0.25) is 0 Å². The summed E-state index contributed by atoms with van der Waals surface area (Å²) in [5.74, 6) is 0. The molecule has 0 radical (unpaired) electrons. The van der Waals surface area contributed by atoms with E-state index in [1.165, 1.54) is 16.1 Å². The van der Waals surface area contributed by atoms with Crippen molar-refractivity contribution >= 4 is 30.1 Å². The molecule has 0 bridgehead atoms. The van der Waals surface area contributed by atoms with E-state index in [1.807, 2.05) is 24.3 Å². The number of benzene rings is 2. The van der Waals surface area contributed by atoms with Gasteiger partial charge in [0.15, 0.2) is 0 Å². The van der Waals surface area contributed by atoms with E-state index in [0.717, 1.165) is 23.4 Å². The van der Waals surface area contributed by atoms with Crippen LogP contribution in [0.5, 0.6) is 0 Å². The summed E-state index contributed by atoms with van der Waals surface area (Å²) in [4.78, 5) is 1.01. The first-order valence-electron chi connectivity index (χ1n) is 6.17. The Morgan fingerprint density at radius 3 is 2.67 bits per heavy atom. The summed E-state index contributed by atoms with van der Waals surface area (Å²) in [7, 11) is 0. The summed E-state index contributed by atoms with van der Waals surface area (Å²) < 4.78 is 0. The Morgan fingerprint density at radius 1 is 1.00 bits per heavy atom. The molecule has 0 fully saturated rings. The highest BCUT2D eigenvalue weighted by molar-refractivity contribution is 7.80. The minimum atomic E-state index is 1.01. The Kier molecular flexibility index (Phi) is 3.11. The summed E-state index contributed by atoms with van der Waals surface area (Å²) >= 11 is 4.43. The Bertz CT molecular complexity index is 674. The molecule has 1 aliphatic rings. The van der Waals surface area contributed by atoms with Crippen LogP contribution in [0.1, 0.15) is 12.8 Å². The first kappa shape index (κ1) is 11.4. The summed E-state index contributed by atoms with van der Waals surface area (Å²) in [6.45, 7) is 0. The van der Waals surface area contributed by atoms with Crippen LogP contribution in [0, 0.1) is 0 Å². The van der Waals surface area contributed by atoms with Gasteiger partial charge in [-0.2, -0.15) is 0 Å². The lowest BCUT2D eigenvalue weighted by Crippen LogP contribution is -2.31. The number of anilines is 1. The van der Waals surface area contributed by atoms with Gasteiger partial charge in [-0.05, 0) is 42.3 Å². The first-order chi connectivity index (χ1) is 8.83. The molecule has 0 unspecified atom stereocenters. The van der Waals surface area contributed by atoms with Crippen molar-refractivity contribution < 1.29 is 0 Å². The van der Waals surface area contributed by atoms with Crippen molar-refractivity contribution in [2.24, 2.45) is 0 Å². The largest absolute Gasteiger partial charge is 0.358 e. The van der Waals surface area contributed by atoms with Crippen LogP contribution in [-0.2, 0) is 0 Å². The molecule has 1 N–H and O–H groups in total. The molecule has 0 heterocycles. The van der Waals surface area contributed by atoms with Crippen molar-refractivity contribution in [3.63, 3.8) is 0 Å². The van der Waals surface area contributed by atoms with Gasteiger partial charge >= 0.3 is 0 Å². The Balaban J connectivity index is 2.10. The average Bonchev–Trinajstić information content (AvgIpc) is 2.41. The zero-order chi connectivity index (χ0) is 12.4. The molecule has 0 atom stereocenters. The lowest BCUT2D eigenvalue weighted by atomic mass is 10.0. The summed E-state index contributed by atoms with van der Waals surface area (Å²) in [6.07, 6.45) is 4.44. The molecule has 0 saturated carbocycles. The van der Waals surface area contributed by atoms with Crippen LogP contribution in [0.15, 0.2) is 53.4 Å². The van der Waals surface area contributed by atoms with E-state index < -0.39 is 0 Å². The third-order valence-corrected chi connectivity index (χ3v) is 3.47. The second kappa shape index (κ2) is 4.91. The van der Waals surface area contributed by atoms with E-state index in [2.05, 4.69) is 48.3 Å². The average molecular weight is 253 g/mol. The molecule has 3 rings (SSSR count). The summed E-state index contributed by atoms with van der Waals surface area (Å²) in [5, 5.41) is 6.11. The van der Waals surface area contributed by atoms with Gasteiger partial charge in [0, 0.05) is 21.5 Å². The maximum atomic E-state index is 4.43. The molecule has 0 saturated heterocycles. The monoisotopic (exact) mass is 253 g/mol. The molecule has 0 aliphatic heterocycles. The molecule has 1 nitrogen and oxygen atoms in total. The standard InChI is InChI=1S/C16H15NS/c18-14-10-9-12-5-4-8-16(15(12)11-14)17-13-6-2-1-3-7-13/h1-3,5-7,9-11,17-18H,4,8H2. The summed E-state index contributed by atoms with van der Waals surface area (Å²) in [6, 6.07) is 16.6. The minimum absolute atomic E-state index is 1.01. The Labute approximate surface area is 112 Å². The van der Waals surface area contributed by atoms with Gasteiger partial charge in [-0.15, -0.1) is 12.6 Å². The van der Waals surface area contributed by atoms with Crippen molar-refractivity contribution in [3.05, 3.63) is 59.0 Å². The maximum Gasteiger partial charge on any atom is 0.0381 e. The van der Waals surface area contributed by atoms with Gasteiger partial charge in [0.25, 0.3) is 0 Å². The number of fused-ring (bicyclic) bond motifs is 1. The van der Waals surface area contributed by atoms with Crippen molar-refractivity contribution in [1.82, 2.24) is 0 Å². The van der Waals surface area contributed by atoms with E-state index in [1.54, 1.807) is 0 Å². The SMILES string of the molecule is Sc1ccc2c(c1)=C(Nc1ccccc1)CCC=2. The topological polar surface area (TPSA) is 12.0 Å². The fourth-order valence-electron chi connectivity index (χ4n) is 2.32. The van der Waals surface area contributed by atoms with Gasteiger partial charge in [0.1, 0.15) is 0 Å². The molecule has 0 aromatic heterocycles. The first-order valence-corrected chi connectivity index (χ1v) is 6.62. The van der Waals surface area contributed by atoms with Crippen LogP contribution < -0.4 is 15.8 Å². The number of rotatable bonds is 2. The number of hydrogen-bond donors (Lipinski definition) is 2. The highest BCUT2D eigenvalue weighted by atomic mass is 32.1. The fraction of sp³-hybridized carbons (Fsp3) is 0.125. The van der Waals surface area contributed by atoms with Crippen LogP contribution in [0.3, 0.4) is 0 Å². The minimum Gasteiger partial charge on any atom is -0.358 e. The van der Waals surface area contributed by atoms with Crippen molar-refractivity contribution in [2.45, 2.75) is 17.7 Å². The predicted molar refractivity (Wildman–Crippen MR) is 80.1 cm³/mol. The second-order valence-electron chi connectivity index (χ2n) is 4.48. The van der Waals surface area contributed by atoms with Crippen molar-refractivity contribution in [2.75, 3.05) is 5.32 Å². The van der Waals surface area contributed by atoms with E-state index in [9.17, 15) is 0 Å². The van der Waals surface area contributed by atoms with Gasteiger partial charge in [-0.1, -0.05) is 30.3 Å². The van der Waals surface area contributed by atoms with Crippen LogP contribution in [0.2, 0.25) is 0 Å². The zero-order valence-corrected chi connectivity index (χ0v) is 11.0. The van der Waals surface area contributed by atoms with Gasteiger partial charge in [0.05, 0.1) is 0 Å². The molecule has 0 amide bonds. The molecule has 0 spiro atoms. The summed E-state index contributed by atoms with van der Waals surface area (Å²) in [5.41, 5.74) is 2.43. The van der Waals surface area contributed by atoms with Gasteiger partial charge in [-0.3, -0.25) is 0 Å². The van der Waals surface area contributed by atoms with Crippen LogP contribution in [0.25, 0.3) is 11.8 Å². The normalized spacial score (nSPS) is 13.7. The Morgan fingerprint density at radius 2 is 1.83 bits per heavy atom. The third-order valence-electron chi connectivity index (χ3n) is 3.19. The van der Waals surface area contributed by atoms with Crippen LogP contribution in [-0.4, -0.2) is 0 Å². The highest BCUT2D eigenvalue weighted by Gasteiger charge is 2.05. The zero-order valence-electron chi connectivity index (χ0n) is 10.1. The molecular weight excluding hydrogens is 238 g/mol. The van der Waals surface area contributed by atoms with Crippen molar-refractivity contribution in [1.29, 1.82) is 0 Å². The number of hydrogen-bond acceptors (Lipinski definition) is 2. The quantitative estimate of drug-likeness (QED) is 0.784. The molecular formula is C16H15NS. The molecule has 2 heteroatoms. The highest BCUT2D eigenvalue weighted by Crippen LogP contribution is 2.14. The van der Waals surface area contributed by atoms with Crippen LogP contribution >= 0.6 is 12.6 Å². The lowest BCUT2D eigenvalue weighted by molar-refractivity contribution is 1.06. The van der Waals surface area contributed by atoms with E-state index >= 15 is 0 Å². The van der Waals surface area contributed by atoms with E-state index in [-0.39, 0.29) is 0 Å². The predicted octanol–water partition coefficient (Wildman–Crippen LogP) is 2.77. The van der Waals surface area contributed by atoms with E-state index in [4.69, 9.17) is 0 Å². The number of para-hydroxylation sites is 1. The second-order valence-corrected chi connectivity index (χ2v) is 5.00. The third kappa shape index (κ3) is 2.29. The van der Waals surface area contributed by atoms with E-state index in [0.29, 0.717) is 0 Å². The lowest BCUT2D eigenvalue weighted by Gasteiger charge is -2.14. The maximum absolute atomic E-state index is 4.43. The molecule has 18 heavy (non-hydrogen) atoms. The molecule has 1 aliphatic carbocycles. The molecule has 90 valence electrons. The van der Waals surface area contributed by atoms with Crippen LogP contribution in [0.4, 0.5) is 5.69 Å².